The van der Waals surface area contributed by atoms with Gasteiger partial charge in [0.25, 0.3) is 0 Å². The molecular formula is C13H17BrFNO5. The maximum absolute atomic E-state index is 12.9. The Morgan fingerprint density at radius 1 is 1.24 bits per heavy atom. The third kappa shape index (κ3) is 7.93. The first kappa shape index (κ1) is 17.8. The molecule has 0 fully saturated rings. The molecule has 118 valence electrons. The first-order valence-corrected chi connectivity index (χ1v) is 7.18. The first-order valence-electron chi connectivity index (χ1n) is 6.39. The number of nitrogens with zero attached hydrogens (tertiary/aromatic N) is 1. The van der Waals surface area contributed by atoms with Crippen LogP contribution in [0.25, 0.3) is 0 Å². The van der Waals surface area contributed by atoms with Crippen LogP contribution in [0.2, 0.25) is 0 Å². The van der Waals surface area contributed by atoms with Gasteiger partial charge in [-0.1, -0.05) is 0 Å². The van der Waals surface area contributed by atoms with Crippen molar-refractivity contribution in [3.63, 3.8) is 0 Å². The third-order valence-corrected chi connectivity index (χ3v) is 2.74. The van der Waals surface area contributed by atoms with Crippen molar-refractivity contribution in [2.75, 3.05) is 39.6 Å². The summed E-state index contributed by atoms with van der Waals surface area (Å²) in [6, 6.07) is 2.51. The van der Waals surface area contributed by atoms with E-state index >= 15 is 0 Å². The van der Waals surface area contributed by atoms with Gasteiger partial charge in [0, 0.05) is 12.7 Å². The van der Waals surface area contributed by atoms with E-state index in [1.807, 2.05) is 6.92 Å². The lowest BCUT2D eigenvalue weighted by Gasteiger charge is -2.07. The quantitative estimate of drug-likeness (QED) is 0.358. The van der Waals surface area contributed by atoms with Crippen molar-refractivity contribution in [2.24, 2.45) is 0 Å². The number of esters is 1. The smallest absolute Gasteiger partial charge is 0.344 e. The number of rotatable bonds is 10. The van der Waals surface area contributed by atoms with Crippen molar-refractivity contribution in [3.8, 4) is 5.88 Å². The molecule has 0 aromatic carbocycles. The number of aromatic nitrogens is 1. The van der Waals surface area contributed by atoms with E-state index in [0.29, 0.717) is 26.4 Å². The molecule has 1 aromatic rings. The molecule has 0 saturated carbocycles. The second-order valence-electron chi connectivity index (χ2n) is 3.74. The molecule has 1 aromatic heterocycles. The number of ether oxygens (including phenoxy) is 4. The summed E-state index contributed by atoms with van der Waals surface area (Å²) >= 11 is 2.92. The number of halogens is 2. The number of carbonyl (C=O) groups excluding carboxylic acids is 1. The SMILES string of the molecule is CCOCCOCCOC(=O)COc1ccc(F)c(Br)n1. The van der Waals surface area contributed by atoms with E-state index in [9.17, 15) is 9.18 Å². The van der Waals surface area contributed by atoms with E-state index in [-0.39, 0.29) is 23.7 Å². The van der Waals surface area contributed by atoms with Crippen molar-refractivity contribution in [1.82, 2.24) is 4.98 Å². The van der Waals surface area contributed by atoms with Crippen LogP contribution in [-0.2, 0) is 19.0 Å². The minimum absolute atomic E-state index is 0.0241. The summed E-state index contributed by atoms with van der Waals surface area (Å²) in [6.45, 7) is 3.63. The largest absolute Gasteiger partial charge is 0.466 e. The average Bonchev–Trinajstić information content (AvgIpc) is 2.47. The Morgan fingerprint density at radius 3 is 2.67 bits per heavy atom. The highest BCUT2D eigenvalue weighted by molar-refractivity contribution is 9.10. The molecule has 0 bridgehead atoms. The van der Waals surface area contributed by atoms with Gasteiger partial charge in [-0.15, -0.1) is 0 Å². The van der Waals surface area contributed by atoms with Crippen molar-refractivity contribution in [3.05, 3.63) is 22.6 Å². The van der Waals surface area contributed by atoms with Crippen LogP contribution < -0.4 is 4.74 Å². The fourth-order valence-electron chi connectivity index (χ4n) is 1.23. The number of hydrogen-bond donors (Lipinski definition) is 0. The van der Waals surface area contributed by atoms with Crippen LogP contribution in [0.3, 0.4) is 0 Å². The summed E-state index contributed by atoms with van der Waals surface area (Å²) in [4.78, 5) is 15.1. The van der Waals surface area contributed by atoms with Gasteiger partial charge in [0.1, 0.15) is 11.2 Å². The number of pyridine rings is 1. The molecule has 0 aliphatic rings. The third-order valence-electron chi connectivity index (χ3n) is 2.18. The van der Waals surface area contributed by atoms with Gasteiger partial charge < -0.3 is 18.9 Å². The van der Waals surface area contributed by atoms with E-state index in [1.165, 1.54) is 12.1 Å². The van der Waals surface area contributed by atoms with Crippen LogP contribution in [-0.4, -0.2) is 50.6 Å². The van der Waals surface area contributed by atoms with Crippen molar-refractivity contribution >= 4 is 21.9 Å². The maximum Gasteiger partial charge on any atom is 0.344 e. The molecular weight excluding hydrogens is 349 g/mol. The lowest BCUT2D eigenvalue weighted by molar-refractivity contribution is -0.147. The van der Waals surface area contributed by atoms with Gasteiger partial charge in [0.05, 0.1) is 19.8 Å². The Hall–Kier alpha value is -1.25. The van der Waals surface area contributed by atoms with Crippen molar-refractivity contribution in [2.45, 2.75) is 6.92 Å². The van der Waals surface area contributed by atoms with Crippen LogP contribution >= 0.6 is 15.9 Å². The van der Waals surface area contributed by atoms with Gasteiger partial charge in [-0.25, -0.2) is 14.2 Å². The van der Waals surface area contributed by atoms with Crippen LogP contribution in [0.1, 0.15) is 6.92 Å². The minimum Gasteiger partial charge on any atom is -0.466 e. The normalized spacial score (nSPS) is 10.4. The van der Waals surface area contributed by atoms with Crippen LogP contribution in [0, 0.1) is 5.82 Å². The summed E-state index contributed by atoms with van der Waals surface area (Å²) in [5.41, 5.74) is 0. The van der Waals surface area contributed by atoms with Gasteiger partial charge in [-0.3, -0.25) is 0 Å². The minimum atomic E-state index is -0.550. The molecule has 0 aliphatic carbocycles. The molecule has 0 radical (unpaired) electrons. The standard InChI is InChI=1S/C13H17BrFNO5/c1-2-18-5-6-19-7-8-20-12(17)9-21-11-4-3-10(15)13(14)16-11/h3-4H,2,5-9H2,1H3. The zero-order chi connectivity index (χ0) is 15.5. The molecule has 1 rings (SSSR count). The van der Waals surface area contributed by atoms with Crippen LogP contribution in [0.5, 0.6) is 5.88 Å². The monoisotopic (exact) mass is 365 g/mol. The predicted molar refractivity (Wildman–Crippen MR) is 75.7 cm³/mol. The molecule has 0 atom stereocenters. The second-order valence-corrected chi connectivity index (χ2v) is 4.49. The molecule has 0 N–H and O–H groups in total. The Bertz CT molecular complexity index is 447. The maximum atomic E-state index is 12.9. The Morgan fingerprint density at radius 2 is 1.95 bits per heavy atom. The molecule has 6 nitrogen and oxygen atoms in total. The van der Waals surface area contributed by atoms with Crippen LogP contribution in [0.4, 0.5) is 4.39 Å². The van der Waals surface area contributed by atoms with E-state index in [1.54, 1.807) is 0 Å². The highest BCUT2D eigenvalue weighted by Crippen LogP contribution is 2.16. The zero-order valence-electron chi connectivity index (χ0n) is 11.6. The van der Waals surface area contributed by atoms with Gasteiger partial charge in [-0.2, -0.15) is 0 Å². The van der Waals surface area contributed by atoms with Gasteiger partial charge in [0.2, 0.25) is 5.88 Å². The number of carbonyl (C=O) groups is 1. The van der Waals surface area contributed by atoms with E-state index < -0.39 is 11.8 Å². The van der Waals surface area contributed by atoms with E-state index in [0.717, 1.165) is 0 Å². The Kier molecular flexibility index (Phi) is 8.88. The highest BCUT2D eigenvalue weighted by Gasteiger charge is 2.07. The lowest BCUT2D eigenvalue weighted by atomic mass is 10.5. The number of hydrogen-bond acceptors (Lipinski definition) is 6. The highest BCUT2D eigenvalue weighted by atomic mass is 79.9. The van der Waals surface area contributed by atoms with E-state index in [2.05, 4.69) is 20.9 Å². The molecule has 0 aliphatic heterocycles. The molecule has 0 amide bonds. The Balaban J connectivity index is 2.09. The van der Waals surface area contributed by atoms with Gasteiger partial charge >= 0.3 is 5.97 Å². The zero-order valence-corrected chi connectivity index (χ0v) is 13.2. The van der Waals surface area contributed by atoms with Crippen LogP contribution in [0.15, 0.2) is 16.7 Å². The molecule has 0 spiro atoms. The molecule has 0 saturated heterocycles. The van der Waals surface area contributed by atoms with Crippen molar-refractivity contribution in [1.29, 1.82) is 0 Å². The van der Waals surface area contributed by atoms with Crippen molar-refractivity contribution < 1.29 is 28.1 Å². The molecule has 8 heteroatoms. The summed E-state index contributed by atoms with van der Waals surface area (Å²) in [5, 5.41) is 0. The molecule has 1 heterocycles. The Labute approximate surface area is 130 Å². The summed E-state index contributed by atoms with van der Waals surface area (Å²) in [7, 11) is 0. The molecule has 21 heavy (non-hydrogen) atoms. The summed E-state index contributed by atoms with van der Waals surface area (Å²) in [6.07, 6.45) is 0. The lowest BCUT2D eigenvalue weighted by Crippen LogP contribution is -2.18. The fourth-order valence-corrected chi connectivity index (χ4v) is 1.54. The second kappa shape index (κ2) is 10.5. The van der Waals surface area contributed by atoms with Gasteiger partial charge in [0.15, 0.2) is 12.4 Å². The predicted octanol–water partition coefficient (Wildman–Crippen LogP) is 1.96. The van der Waals surface area contributed by atoms with Gasteiger partial charge in [-0.05, 0) is 28.9 Å². The topological polar surface area (TPSA) is 66.9 Å². The molecule has 0 unspecified atom stereocenters. The van der Waals surface area contributed by atoms with E-state index in [4.69, 9.17) is 18.9 Å². The summed E-state index contributed by atoms with van der Waals surface area (Å²) < 4.78 is 33.2. The fraction of sp³-hybridized carbons (Fsp3) is 0.538. The average molecular weight is 366 g/mol. The summed E-state index contributed by atoms with van der Waals surface area (Å²) in [5.74, 6) is -0.923. The first-order chi connectivity index (χ1) is 10.1.